The van der Waals surface area contributed by atoms with Gasteiger partial charge in [0, 0.05) is 43.1 Å². The second kappa shape index (κ2) is 10.6. The first kappa shape index (κ1) is 25.2. The molecule has 200 valence electrons. The summed E-state index contributed by atoms with van der Waals surface area (Å²) in [7, 11) is 0. The average molecular weight is 525 g/mol. The van der Waals surface area contributed by atoms with Crippen molar-refractivity contribution in [2.75, 3.05) is 25.0 Å². The first-order valence-electron chi connectivity index (χ1n) is 13.6. The van der Waals surface area contributed by atoms with Crippen molar-refractivity contribution in [1.29, 1.82) is 0 Å². The molecule has 0 bridgehead atoms. The molecular formula is C31H33FN6O. The number of aryl methyl sites for hydroxylation is 1. The van der Waals surface area contributed by atoms with Crippen molar-refractivity contribution in [3.8, 4) is 0 Å². The Hall–Kier alpha value is -4.04. The third-order valence-electron chi connectivity index (χ3n) is 7.92. The van der Waals surface area contributed by atoms with Crippen molar-refractivity contribution in [2.24, 2.45) is 5.92 Å². The molecule has 6 rings (SSSR count). The fourth-order valence-electron chi connectivity index (χ4n) is 5.73. The van der Waals surface area contributed by atoms with Gasteiger partial charge in [0.05, 0.1) is 17.6 Å². The summed E-state index contributed by atoms with van der Waals surface area (Å²) in [5.74, 6) is 1.01. The van der Waals surface area contributed by atoms with Crippen LogP contribution in [0, 0.1) is 18.7 Å². The topological polar surface area (TPSA) is 67.5 Å². The van der Waals surface area contributed by atoms with Gasteiger partial charge in [-0.2, -0.15) is 0 Å². The minimum absolute atomic E-state index is 0.0303. The second-order valence-electron chi connectivity index (χ2n) is 10.6. The smallest absolute Gasteiger partial charge is 0.261 e. The molecule has 2 aromatic carbocycles. The van der Waals surface area contributed by atoms with Gasteiger partial charge in [-0.15, -0.1) is 0 Å². The lowest BCUT2D eigenvalue weighted by Crippen LogP contribution is -2.46. The van der Waals surface area contributed by atoms with Crippen molar-refractivity contribution in [3.63, 3.8) is 0 Å². The van der Waals surface area contributed by atoms with Crippen molar-refractivity contribution in [1.82, 2.24) is 23.8 Å². The largest absolute Gasteiger partial charge is 0.353 e. The van der Waals surface area contributed by atoms with Gasteiger partial charge >= 0.3 is 0 Å². The van der Waals surface area contributed by atoms with E-state index in [1.165, 1.54) is 12.1 Å². The molecule has 1 N–H and O–H groups in total. The summed E-state index contributed by atoms with van der Waals surface area (Å²) >= 11 is 0. The summed E-state index contributed by atoms with van der Waals surface area (Å²) in [6.45, 7) is 7.54. The first-order chi connectivity index (χ1) is 19.0. The van der Waals surface area contributed by atoms with E-state index in [1.807, 2.05) is 55.5 Å². The molecule has 3 aromatic heterocycles. The lowest BCUT2D eigenvalue weighted by atomic mass is 9.93. The molecule has 1 aliphatic rings. The number of fused-ring (bicyclic) bond motifs is 2. The number of benzene rings is 2. The minimum atomic E-state index is -0.231. The number of piperidine rings is 1. The summed E-state index contributed by atoms with van der Waals surface area (Å²) in [6, 6.07) is 20.7. The molecule has 39 heavy (non-hydrogen) atoms. The monoisotopic (exact) mass is 524 g/mol. The molecule has 4 heterocycles. The number of pyridine rings is 1. The number of aromatic nitrogens is 4. The van der Waals surface area contributed by atoms with Crippen LogP contribution in [0.5, 0.6) is 0 Å². The quantitative estimate of drug-likeness (QED) is 0.328. The Bertz CT molecular complexity index is 1670. The highest BCUT2D eigenvalue weighted by molar-refractivity contribution is 5.78. The highest BCUT2D eigenvalue weighted by atomic mass is 19.1. The predicted molar refractivity (Wildman–Crippen MR) is 153 cm³/mol. The van der Waals surface area contributed by atoms with Gasteiger partial charge in [-0.3, -0.25) is 9.20 Å². The van der Waals surface area contributed by atoms with Crippen LogP contribution < -0.4 is 10.9 Å². The van der Waals surface area contributed by atoms with Gasteiger partial charge in [0.25, 0.3) is 5.56 Å². The van der Waals surface area contributed by atoms with Crippen LogP contribution >= 0.6 is 0 Å². The predicted octanol–water partition coefficient (Wildman–Crippen LogP) is 4.91. The SMILES string of the molecule is Cc1nc2ccccn2c(=O)c1CCN1CC[C@H](Nc2nc3ccccc3n2Cc2ccc(F)cc2)[C@H](C)C1. The Kier molecular flexibility index (Phi) is 6.87. The lowest BCUT2D eigenvalue weighted by Gasteiger charge is -2.37. The van der Waals surface area contributed by atoms with Gasteiger partial charge in [-0.25, -0.2) is 14.4 Å². The van der Waals surface area contributed by atoms with E-state index in [-0.39, 0.29) is 17.4 Å². The number of para-hydroxylation sites is 2. The zero-order chi connectivity index (χ0) is 26.9. The number of anilines is 1. The van der Waals surface area contributed by atoms with Gasteiger partial charge in [0.1, 0.15) is 11.5 Å². The summed E-state index contributed by atoms with van der Waals surface area (Å²) in [5, 5.41) is 3.74. The lowest BCUT2D eigenvalue weighted by molar-refractivity contribution is 0.173. The Morgan fingerprint density at radius 1 is 1.03 bits per heavy atom. The fourth-order valence-corrected chi connectivity index (χ4v) is 5.73. The van der Waals surface area contributed by atoms with Gasteiger partial charge in [-0.1, -0.05) is 37.3 Å². The van der Waals surface area contributed by atoms with Crippen molar-refractivity contribution in [2.45, 2.75) is 39.3 Å². The van der Waals surface area contributed by atoms with Gasteiger partial charge < -0.3 is 14.8 Å². The highest BCUT2D eigenvalue weighted by Gasteiger charge is 2.27. The zero-order valence-electron chi connectivity index (χ0n) is 22.3. The van der Waals surface area contributed by atoms with Crippen LogP contribution in [0.3, 0.4) is 0 Å². The molecule has 0 aliphatic carbocycles. The summed E-state index contributed by atoms with van der Waals surface area (Å²) in [6.07, 6.45) is 3.46. The van der Waals surface area contributed by atoms with E-state index in [0.29, 0.717) is 24.5 Å². The second-order valence-corrected chi connectivity index (χ2v) is 10.6. The number of halogens is 1. The van der Waals surface area contributed by atoms with E-state index in [0.717, 1.165) is 59.9 Å². The number of likely N-dealkylation sites (tertiary alicyclic amines) is 1. The molecular weight excluding hydrogens is 491 g/mol. The van der Waals surface area contributed by atoms with Crippen LogP contribution in [0.15, 0.2) is 77.7 Å². The molecule has 0 unspecified atom stereocenters. The van der Waals surface area contributed by atoms with Crippen LogP contribution in [0.4, 0.5) is 10.3 Å². The van der Waals surface area contributed by atoms with Crippen LogP contribution in [0.2, 0.25) is 0 Å². The Labute approximate surface area is 226 Å². The Balaban J connectivity index is 1.14. The summed E-state index contributed by atoms with van der Waals surface area (Å²) in [5.41, 5.74) is 5.35. The van der Waals surface area contributed by atoms with Gasteiger partial charge in [0.15, 0.2) is 0 Å². The normalized spacial score (nSPS) is 18.1. The van der Waals surface area contributed by atoms with Crippen LogP contribution in [-0.2, 0) is 13.0 Å². The molecule has 1 aliphatic heterocycles. The van der Waals surface area contributed by atoms with Crippen LogP contribution in [-0.4, -0.2) is 49.5 Å². The van der Waals surface area contributed by atoms with Crippen LogP contribution in [0.25, 0.3) is 16.7 Å². The standard InChI is InChI=1S/C31H33FN6O/c1-21-19-36(17-14-25-22(2)33-29-9-5-6-16-37(29)30(25)39)18-15-26(21)34-31-35-27-7-3-4-8-28(27)38(31)20-23-10-12-24(32)13-11-23/h3-13,16,21,26H,14-15,17-20H2,1-2H3,(H,34,35)/t21-,26+/m1/s1. The van der Waals surface area contributed by atoms with E-state index in [4.69, 9.17) is 4.98 Å². The number of hydrogen-bond donors (Lipinski definition) is 1. The van der Waals surface area contributed by atoms with Crippen molar-refractivity contribution in [3.05, 3.63) is 106 Å². The van der Waals surface area contributed by atoms with E-state index >= 15 is 0 Å². The fraction of sp³-hybridized carbons (Fsp3) is 0.323. The number of nitrogens with one attached hydrogen (secondary N) is 1. The summed E-state index contributed by atoms with van der Waals surface area (Å²) in [4.78, 5) is 25.1. The van der Waals surface area contributed by atoms with Gasteiger partial charge in [0.2, 0.25) is 5.95 Å². The highest BCUT2D eigenvalue weighted by Crippen LogP contribution is 2.26. The van der Waals surface area contributed by atoms with E-state index in [9.17, 15) is 9.18 Å². The number of nitrogens with zero attached hydrogens (tertiary/aromatic N) is 5. The third kappa shape index (κ3) is 5.16. The number of hydrogen-bond acceptors (Lipinski definition) is 5. The average Bonchev–Trinajstić information content (AvgIpc) is 3.28. The number of imidazole rings is 1. The van der Waals surface area contributed by atoms with Crippen LogP contribution in [0.1, 0.15) is 30.2 Å². The molecule has 1 saturated heterocycles. The molecule has 7 nitrogen and oxygen atoms in total. The maximum atomic E-state index is 13.5. The maximum absolute atomic E-state index is 13.5. The minimum Gasteiger partial charge on any atom is -0.353 e. The molecule has 5 aromatic rings. The Morgan fingerprint density at radius 2 is 1.82 bits per heavy atom. The van der Waals surface area contributed by atoms with Crippen molar-refractivity contribution < 1.29 is 4.39 Å². The van der Waals surface area contributed by atoms with E-state index in [2.05, 4.69) is 32.8 Å². The maximum Gasteiger partial charge on any atom is 0.261 e. The summed E-state index contributed by atoms with van der Waals surface area (Å²) < 4.78 is 17.3. The Morgan fingerprint density at radius 3 is 2.64 bits per heavy atom. The van der Waals surface area contributed by atoms with Crippen molar-refractivity contribution >= 4 is 22.6 Å². The molecule has 0 amide bonds. The van der Waals surface area contributed by atoms with E-state index < -0.39 is 0 Å². The third-order valence-corrected chi connectivity index (χ3v) is 7.92. The molecule has 1 fully saturated rings. The molecule has 0 saturated carbocycles. The molecule has 2 atom stereocenters. The zero-order valence-corrected chi connectivity index (χ0v) is 22.3. The number of rotatable bonds is 7. The molecule has 8 heteroatoms. The van der Waals surface area contributed by atoms with E-state index in [1.54, 1.807) is 10.6 Å². The van der Waals surface area contributed by atoms with Gasteiger partial charge in [-0.05, 0) is 67.6 Å². The first-order valence-corrected chi connectivity index (χ1v) is 13.6. The molecule has 0 radical (unpaired) electrons. The molecule has 0 spiro atoms.